The predicted octanol–water partition coefficient (Wildman–Crippen LogP) is 8.37. The van der Waals surface area contributed by atoms with Gasteiger partial charge in [0.1, 0.15) is 11.6 Å². The highest BCUT2D eigenvalue weighted by Crippen LogP contribution is 2.37. The maximum atomic E-state index is 14.8. The number of benzene rings is 3. The minimum Gasteiger partial charge on any atom is -0.494 e. The lowest BCUT2D eigenvalue weighted by molar-refractivity contribution is 0.0117. The van der Waals surface area contributed by atoms with Crippen LogP contribution in [-0.2, 0) is 17.8 Å². The third-order valence-corrected chi connectivity index (χ3v) is 6.84. The summed E-state index contributed by atoms with van der Waals surface area (Å²) in [6, 6.07) is 15.9. The monoisotopic (exact) mass is 482 g/mol. The minimum atomic E-state index is -0.856. The van der Waals surface area contributed by atoms with E-state index >= 15 is 0 Å². The van der Waals surface area contributed by atoms with Crippen molar-refractivity contribution < 1.29 is 22.6 Å². The standard InChI is InChI=1S/C30H33F3O2/c1-3-5-20-6-8-22(9-7-20)27-16-12-23(29(32)30(27)33)19-35-24-13-10-21(11-14-24)26-17-15-25(34-4-2)18-28(26)31/h6-9,12,15-18,21,24H,3-5,10-11,13-14,19H2,1-2H3. The molecule has 1 fully saturated rings. The second-order valence-corrected chi connectivity index (χ2v) is 9.25. The molecule has 0 N–H and O–H groups in total. The first-order chi connectivity index (χ1) is 17.0. The molecule has 1 aliphatic rings. The summed E-state index contributed by atoms with van der Waals surface area (Å²) >= 11 is 0. The van der Waals surface area contributed by atoms with Crippen LogP contribution in [0.25, 0.3) is 11.1 Å². The van der Waals surface area contributed by atoms with Gasteiger partial charge < -0.3 is 9.47 Å². The molecule has 0 bridgehead atoms. The van der Waals surface area contributed by atoms with Gasteiger partial charge in [0.25, 0.3) is 0 Å². The summed E-state index contributed by atoms with van der Waals surface area (Å²) in [5, 5.41) is 0. The largest absolute Gasteiger partial charge is 0.494 e. The summed E-state index contributed by atoms with van der Waals surface area (Å²) in [7, 11) is 0. The Labute approximate surface area is 206 Å². The predicted molar refractivity (Wildman–Crippen MR) is 133 cm³/mol. The van der Waals surface area contributed by atoms with E-state index in [0.29, 0.717) is 23.5 Å². The Bertz CT molecular complexity index is 1120. The fourth-order valence-electron chi connectivity index (χ4n) is 4.91. The molecule has 3 aromatic carbocycles. The van der Waals surface area contributed by atoms with Gasteiger partial charge in [0.05, 0.1) is 19.3 Å². The van der Waals surface area contributed by atoms with Crippen LogP contribution >= 0.6 is 0 Å². The van der Waals surface area contributed by atoms with Crippen molar-refractivity contribution in [2.45, 2.75) is 71.0 Å². The van der Waals surface area contributed by atoms with Gasteiger partial charge in [0.2, 0.25) is 0 Å². The van der Waals surface area contributed by atoms with E-state index in [1.807, 2.05) is 43.3 Å². The van der Waals surface area contributed by atoms with Crippen LogP contribution < -0.4 is 4.74 Å². The van der Waals surface area contributed by atoms with Crippen molar-refractivity contribution in [3.05, 3.63) is 88.7 Å². The van der Waals surface area contributed by atoms with Crippen molar-refractivity contribution in [1.82, 2.24) is 0 Å². The lowest BCUT2D eigenvalue weighted by Crippen LogP contribution is -2.21. The highest BCUT2D eigenvalue weighted by Gasteiger charge is 2.25. The van der Waals surface area contributed by atoms with Crippen LogP contribution in [0.15, 0.2) is 54.6 Å². The maximum absolute atomic E-state index is 14.8. The van der Waals surface area contributed by atoms with Gasteiger partial charge >= 0.3 is 0 Å². The Morgan fingerprint density at radius 3 is 2.23 bits per heavy atom. The second kappa shape index (κ2) is 11.8. The summed E-state index contributed by atoms with van der Waals surface area (Å²) < 4.78 is 55.5. The van der Waals surface area contributed by atoms with Gasteiger partial charge in [-0.3, -0.25) is 0 Å². The van der Waals surface area contributed by atoms with Crippen LogP contribution in [-0.4, -0.2) is 12.7 Å². The van der Waals surface area contributed by atoms with E-state index in [-0.39, 0.29) is 35.6 Å². The molecule has 1 saturated carbocycles. The SMILES string of the molecule is CCCc1ccc(-c2ccc(COC3CCC(c4ccc(OCC)cc4F)CC3)c(F)c2F)cc1. The van der Waals surface area contributed by atoms with Crippen molar-refractivity contribution >= 4 is 0 Å². The average Bonchev–Trinajstić information content (AvgIpc) is 2.87. The van der Waals surface area contributed by atoms with Gasteiger partial charge in [-0.15, -0.1) is 0 Å². The van der Waals surface area contributed by atoms with Crippen molar-refractivity contribution in [2.75, 3.05) is 6.61 Å². The summed E-state index contributed by atoms with van der Waals surface area (Å²) in [6.07, 6.45) is 5.04. The van der Waals surface area contributed by atoms with Gasteiger partial charge in [-0.05, 0) is 67.7 Å². The highest BCUT2D eigenvalue weighted by atomic mass is 19.2. The first kappa shape index (κ1) is 25.3. The van der Waals surface area contributed by atoms with E-state index < -0.39 is 11.6 Å². The molecular weight excluding hydrogens is 449 g/mol. The van der Waals surface area contributed by atoms with E-state index in [0.717, 1.165) is 38.5 Å². The van der Waals surface area contributed by atoms with E-state index in [4.69, 9.17) is 9.47 Å². The van der Waals surface area contributed by atoms with Gasteiger partial charge in [-0.1, -0.05) is 55.8 Å². The molecule has 0 saturated heterocycles. The first-order valence-electron chi connectivity index (χ1n) is 12.6. The summed E-state index contributed by atoms with van der Waals surface area (Å²) in [6.45, 7) is 4.50. The molecule has 4 rings (SSSR count). The summed E-state index contributed by atoms with van der Waals surface area (Å²) in [5.74, 6) is -1.27. The molecule has 0 aliphatic heterocycles. The van der Waals surface area contributed by atoms with Crippen molar-refractivity contribution in [1.29, 1.82) is 0 Å². The molecule has 0 heterocycles. The molecule has 35 heavy (non-hydrogen) atoms. The fourth-order valence-corrected chi connectivity index (χ4v) is 4.91. The zero-order chi connectivity index (χ0) is 24.8. The first-order valence-corrected chi connectivity index (χ1v) is 12.6. The number of halogens is 3. The zero-order valence-corrected chi connectivity index (χ0v) is 20.5. The molecular formula is C30H33F3O2. The van der Waals surface area contributed by atoms with Crippen LogP contribution in [0.5, 0.6) is 5.75 Å². The number of rotatable bonds is 9. The molecule has 0 unspecified atom stereocenters. The molecule has 0 amide bonds. The number of hydrogen-bond donors (Lipinski definition) is 0. The summed E-state index contributed by atoms with van der Waals surface area (Å²) in [5.41, 5.74) is 3.02. The minimum absolute atomic E-state index is 0.0191. The van der Waals surface area contributed by atoms with Gasteiger partial charge in [0, 0.05) is 17.2 Å². The summed E-state index contributed by atoms with van der Waals surface area (Å²) in [4.78, 5) is 0. The smallest absolute Gasteiger partial charge is 0.167 e. The van der Waals surface area contributed by atoms with E-state index in [2.05, 4.69) is 6.92 Å². The number of ether oxygens (including phenoxy) is 2. The number of aryl methyl sites for hydroxylation is 1. The Balaban J connectivity index is 1.34. The van der Waals surface area contributed by atoms with Crippen LogP contribution in [0.1, 0.15) is 68.6 Å². The van der Waals surface area contributed by atoms with Crippen LogP contribution in [0, 0.1) is 17.5 Å². The van der Waals surface area contributed by atoms with E-state index in [1.165, 1.54) is 11.6 Å². The highest BCUT2D eigenvalue weighted by molar-refractivity contribution is 5.65. The lowest BCUT2D eigenvalue weighted by atomic mass is 9.82. The van der Waals surface area contributed by atoms with Crippen LogP contribution in [0.3, 0.4) is 0 Å². The van der Waals surface area contributed by atoms with E-state index in [1.54, 1.807) is 12.1 Å². The molecule has 3 aromatic rings. The molecule has 0 radical (unpaired) electrons. The van der Waals surface area contributed by atoms with Gasteiger partial charge in [-0.2, -0.15) is 0 Å². The fraction of sp³-hybridized carbons (Fsp3) is 0.400. The lowest BCUT2D eigenvalue weighted by Gasteiger charge is -2.29. The van der Waals surface area contributed by atoms with Crippen LogP contribution in [0.2, 0.25) is 0 Å². The molecule has 0 aromatic heterocycles. The second-order valence-electron chi connectivity index (χ2n) is 9.25. The number of hydrogen-bond acceptors (Lipinski definition) is 2. The Morgan fingerprint density at radius 1 is 0.829 bits per heavy atom. The topological polar surface area (TPSA) is 18.5 Å². The van der Waals surface area contributed by atoms with E-state index in [9.17, 15) is 13.2 Å². The molecule has 5 heteroatoms. The average molecular weight is 483 g/mol. The quantitative estimate of drug-likeness (QED) is 0.305. The van der Waals surface area contributed by atoms with Gasteiger partial charge in [-0.25, -0.2) is 13.2 Å². The molecule has 0 spiro atoms. The Morgan fingerprint density at radius 2 is 1.57 bits per heavy atom. The van der Waals surface area contributed by atoms with Crippen molar-refractivity contribution in [2.24, 2.45) is 0 Å². The van der Waals surface area contributed by atoms with Crippen molar-refractivity contribution in [3.8, 4) is 16.9 Å². The third kappa shape index (κ3) is 6.07. The molecule has 186 valence electrons. The molecule has 2 nitrogen and oxygen atoms in total. The normalized spacial score (nSPS) is 18.0. The molecule has 0 atom stereocenters. The van der Waals surface area contributed by atoms with Crippen LogP contribution in [0.4, 0.5) is 13.2 Å². The third-order valence-electron chi connectivity index (χ3n) is 6.84. The van der Waals surface area contributed by atoms with Crippen molar-refractivity contribution in [3.63, 3.8) is 0 Å². The Hall–Kier alpha value is -2.79. The zero-order valence-electron chi connectivity index (χ0n) is 20.5. The maximum Gasteiger partial charge on any atom is 0.167 e. The Kier molecular flexibility index (Phi) is 8.50. The van der Waals surface area contributed by atoms with Gasteiger partial charge in [0.15, 0.2) is 11.6 Å². The molecule has 1 aliphatic carbocycles.